The van der Waals surface area contributed by atoms with Crippen LogP contribution >= 0.6 is 0 Å². The van der Waals surface area contributed by atoms with Crippen LogP contribution in [0.25, 0.3) is 0 Å². The number of ether oxygens (including phenoxy) is 1. The summed E-state index contributed by atoms with van der Waals surface area (Å²) in [5.74, 6) is -0.0568. The number of esters is 1. The fourth-order valence-electron chi connectivity index (χ4n) is 12.1. The van der Waals surface area contributed by atoms with Gasteiger partial charge in [0.1, 0.15) is 0 Å². The van der Waals surface area contributed by atoms with Gasteiger partial charge in [0.15, 0.2) is 0 Å². The van der Waals surface area contributed by atoms with E-state index in [0.29, 0.717) is 19.4 Å². The molecule has 0 aromatic heterocycles. The fraction of sp³-hybridized carbons (Fsp3) is 0.875. The molecule has 86 heavy (non-hydrogen) atoms. The Hall–Kier alpha value is -2.18. The summed E-state index contributed by atoms with van der Waals surface area (Å²) in [6.07, 6.45) is 99.4. The lowest BCUT2D eigenvalue weighted by molar-refractivity contribution is -0.143. The second-order valence-electron chi connectivity index (χ2n) is 26.7. The molecule has 506 valence electrons. The van der Waals surface area contributed by atoms with Crippen molar-refractivity contribution >= 4 is 11.9 Å². The maximum atomic E-state index is 12.5. The molecule has 0 radical (unpaired) electrons. The van der Waals surface area contributed by atoms with Gasteiger partial charge in [-0.3, -0.25) is 9.59 Å². The third-order valence-corrected chi connectivity index (χ3v) is 18.1. The second-order valence-corrected chi connectivity index (χ2v) is 26.7. The Morgan fingerprint density at radius 3 is 0.907 bits per heavy atom. The van der Waals surface area contributed by atoms with E-state index in [2.05, 4.69) is 55.6 Å². The number of carbonyl (C=O) groups is 2. The summed E-state index contributed by atoms with van der Waals surface area (Å²) in [7, 11) is 0. The van der Waals surface area contributed by atoms with Crippen molar-refractivity contribution in [2.24, 2.45) is 0 Å². The normalized spacial score (nSPS) is 12.7. The number of aliphatic hydroxyl groups is 2. The van der Waals surface area contributed by atoms with Crippen molar-refractivity contribution in [1.29, 1.82) is 0 Å². The van der Waals surface area contributed by atoms with Gasteiger partial charge in [-0.05, 0) is 89.9 Å². The van der Waals surface area contributed by atoms with Crippen molar-refractivity contribution in [3.63, 3.8) is 0 Å². The van der Waals surface area contributed by atoms with Gasteiger partial charge in [0.25, 0.3) is 0 Å². The van der Waals surface area contributed by atoms with Crippen molar-refractivity contribution in [3.8, 4) is 0 Å². The van der Waals surface area contributed by atoms with Crippen LogP contribution in [-0.2, 0) is 14.3 Å². The zero-order chi connectivity index (χ0) is 62.0. The standard InChI is InChI=1S/C80H151NO5/c1-3-5-7-9-11-13-15-17-18-19-20-21-33-36-39-42-45-49-52-56-60-64-68-72-78(83)77(76-82)81-79(84)73-69-65-61-57-53-50-46-43-40-37-34-31-29-27-25-23-22-24-26-28-30-32-35-38-41-44-47-51-55-59-63-67-71-75-86-80(85)74-70-66-62-58-54-48-16-14-12-10-8-6-4-2/h14,16,26,28,32,35,68,72,77-78,82-83H,3-13,15,17-25,27,29-31,33-34,36-67,69-71,73-76H2,1-2H3,(H,81,84)/b16-14-,28-26-,35-32-,72-68+. The zero-order valence-corrected chi connectivity index (χ0v) is 58.1. The van der Waals surface area contributed by atoms with E-state index in [4.69, 9.17) is 4.74 Å². The molecule has 0 aliphatic rings. The molecule has 0 saturated heterocycles. The minimum absolute atomic E-state index is 0.00498. The van der Waals surface area contributed by atoms with Gasteiger partial charge in [-0.1, -0.05) is 371 Å². The number of carbonyl (C=O) groups excluding carboxylic acids is 2. The van der Waals surface area contributed by atoms with Crippen LogP contribution in [0.5, 0.6) is 0 Å². The van der Waals surface area contributed by atoms with Crippen LogP contribution in [0.4, 0.5) is 0 Å². The SMILES string of the molecule is CCCCCC/C=C\CCCCCCCC(=O)OCCCCCCCCCCC/C=C\C/C=C\CCCCCCCCCCCCCCCCCCCC(=O)NC(CO)C(O)/C=C/CCCCCCCCCCCCCCCCCCCCCCC. The summed E-state index contributed by atoms with van der Waals surface area (Å²) in [5, 5.41) is 23.3. The molecular formula is C80H151NO5. The molecule has 2 unspecified atom stereocenters. The van der Waals surface area contributed by atoms with Gasteiger partial charge < -0.3 is 20.3 Å². The minimum Gasteiger partial charge on any atom is -0.466 e. The Morgan fingerprint density at radius 2 is 0.581 bits per heavy atom. The Bertz CT molecular complexity index is 1440. The van der Waals surface area contributed by atoms with Gasteiger partial charge in [0, 0.05) is 12.8 Å². The van der Waals surface area contributed by atoms with Gasteiger partial charge in [-0.2, -0.15) is 0 Å². The van der Waals surface area contributed by atoms with Crippen molar-refractivity contribution in [1.82, 2.24) is 5.32 Å². The van der Waals surface area contributed by atoms with E-state index in [-0.39, 0.29) is 18.5 Å². The number of allylic oxidation sites excluding steroid dienone is 7. The molecule has 0 bridgehead atoms. The Balaban J connectivity index is 3.41. The van der Waals surface area contributed by atoms with E-state index >= 15 is 0 Å². The molecule has 0 rings (SSSR count). The molecule has 0 spiro atoms. The van der Waals surface area contributed by atoms with Crippen molar-refractivity contribution in [2.75, 3.05) is 13.2 Å². The van der Waals surface area contributed by atoms with E-state index in [0.717, 1.165) is 51.4 Å². The molecule has 0 aliphatic heterocycles. The highest BCUT2D eigenvalue weighted by Gasteiger charge is 2.18. The van der Waals surface area contributed by atoms with E-state index < -0.39 is 12.1 Å². The van der Waals surface area contributed by atoms with Gasteiger partial charge in [-0.15, -0.1) is 0 Å². The Labute approximate surface area is 537 Å². The highest BCUT2D eigenvalue weighted by atomic mass is 16.5. The third-order valence-electron chi connectivity index (χ3n) is 18.1. The topological polar surface area (TPSA) is 95.9 Å². The summed E-state index contributed by atoms with van der Waals surface area (Å²) in [5.41, 5.74) is 0. The van der Waals surface area contributed by atoms with Crippen molar-refractivity contribution < 1.29 is 24.5 Å². The first-order valence-corrected chi connectivity index (χ1v) is 38.9. The predicted molar refractivity (Wildman–Crippen MR) is 379 cm³/mol. The van der Waals surface area contributed by atoms with Crippen LogP contribution < -0.4 is 5.32 Å². The molecule has 0 saturated carbocycles. The number of hydrogen-bond donors (Lipinski definition) is 3. The first kappa shape index (κ1) is 83.8. The molecule has 0 aliphatic carbocycles. The molecule has 0 heterocycles. The summed E-state index contributed by atoms with van der Waals surface area (Å²) in [6, 6.07) is -0.628. The van der Waals surface area contributed by atoms with Crippen LogP contribution in [-0.4, -0.2) is 47.4 Å². The third kappa shape index (κ3) is 70.9. The summed E-state index contributed by atoms with van der Waals surface area (Å²) < 4.78 is 5.48. The Kier molecular flexibility index (Phi) is 73.4. The number of rotatable bonds is 73. The molecule has 0 fully saturated rings. The summed E-state index contributed by atoms with van der Waals surface area (Å²) in [4.78, 5) is 24.6. The maximum absolute atomic E-state index is 12.5. The smallest absolute Gasteiger partial charge is 0.305 e. The van der Waals surface area contributed by atoms with E-state index in [9.17, 15) is 19.8 Å². The van der Waals surface area contributed by atoms with Crippen LogP contribution in [0.1, 0.15) is 425 Å². The fourth-order valence-corrected chi connectivity index (χ4v) is 12.1. The van der Waals surface area contributed by atoms with Gasteiger partial charge in [-0.25, -0.2) is 0 Å². The van der Waals surface area contributed by atoms with Gasteiger partial charge in [0.2, 0.25) is 5.91 Å². The monoisotopic (exact) mass is 1210 g/mol. The Morgan fingerprint density at radius 1 is 0.326 bits per heavy atom. The van der Waals surface area contributed by atoms with Crippen LogP contribution in [0, 0.1) is 0 Å². The molecule has 3 N–H and O–H groups in total. The van der Waals surface area contributed by atoms with E-state index in [1.54, 1.807) is 6.08 Å². The zero-order valence-electron chi connectivity index (χ0n) is 58.1. The average Bonchev–Trinajstić information content (AvgIpc) is 3.55. The number of aliphatic hydroxyl groups excluding tert-OH is 2. The number of unbranched alkanes of at least 4 members (excludes halogenated alkanes) is 56. The van der Waals surface area contributed by atoms with Gasteiger partial charge in [0.05, 0.1) is 25.4 Å². The summed E-state index contributed by atoms with van der Waals surface area (Å²) in [6.45, 7) is 4.92. The molecule has 1 amide bonds. The number of nitrogens with one attached hydrogen (secondary N) is 1. The minimum atomic E-state index is -0.845. The predicted octanol–water partition coefficient (Wildman–Crippen LogP) is 25.6. The average molecular weight is 1210 g/mol. The number of amides is 1. The molecule has 6 nitrogen and oxygen atoms in total. The van der Waals surface area contributed by atoms with E-state index in [1.165, 1.54) is 347 Å². The van der Waals surface area contributed by atoms with Crippen molar-refractivity contribution in [2.45, 2.75) is 437 Å². The van der Waals surface area contributed by atoms with Crippen LogP contribution in [0.3, 0.4) is 0 Å². The highest BCUT2D eigenvalue weighted by molar-refractivity contribution is 5.76. The first-order chi connectivity index (χ1) is 42.5. The lowest BCUT2D eigenvalue weighted by Crippen LogP contribution is -2.45. The molecule has 2 atom stereocenters. The molecule has 0 aromatic carbocycles. The largest absolute Gasteiger partial charge is 0.466 e. The van der Waals surface area contributed by atoms with Gasteiger partial charge >= 0.3 is 5.97 Å². The molecule has 6 heteroatoms. The van der Waals surface area contributed by atoms with Crippen molar-refractivity contribution in [3.05, 3.63) is 48.6 Å². The quantitative estimate of drug-likeness (QED) is 0.0320. The second kappa shape index (κ2) is 75.3. The number of hydrogen-bond acceptors (Lipinski definition) is 5. The molecular weight excluding hydrogens is 1050 g/mol. The first-order valence-electron chi connectivity index (χ1n) is 38.9. The van der Waals surface area contributed by atoms with Crippen LogP contribution in [0.2, 0.25) is 0 Å². The van der Waals surface area contributed by atoms with Crippen LogP contribution in [0.15, 0.2) is 48.6 Å². The highest BCUT2D eigenvalue weighted by Crippen LogP contribution is 2.19. The lowest BCUT2D eigenvalue weighted by atomic mass is 10.0. The summed E-state index contributed by atoms with van der Waals surface area (Å²) >= 11 is 0. The lowest BCUT2D eigenvalue weighted by Gasteiger charge is -2.20. The van der Waals surface area contributed by atoms with E-state index in [1.807, 2.05) is 6.08 Å². The molecule has 0 aromatic rings. The maximum Gasteiger partial charge on any atom is 0.305 e.